The molecular formula is C25H25F2NO4. The van der Waals surface area contributed by atoms with Gasteiger partial charge in [0, 0.05) is 22.6 Å². The summed E-state index contributed by atoms with van der Waals surface area (Å²) in [6, 6.07) is 13.4. The summed E-state index contributed by atoms with van der Waals surface area (Å²) < 4.78 is 36.4. The Balaban J connectivity index is 1.81. The van der Waals surface area contributed by atoms with Crippen LogP contribution in [0.15, 0.2) is 48.5 Å². The molecule has 1 aromatic heterocycles. The number of alkyl halides is 2. The normalized spacial score (nSPS) is 12.0. The summed E-state index contributed by atoms with van der Waals surface area (Å²) in [5, 5.41) is 0. The molecule has 0 saturated heterocycles. The van der Waals surface area contributed by atoms with E-state index in [1.54, 1.807) is 38.1 Å². The van der Waals surface area contributed by atoms with Crippen molar-refractivity contribution in [3.63, 3.8) is 0 Å². The van der Waals surface area contributed by atoms with Crippen LogP contribution >= 0.6 is 0 Å². The lowest BCUT2D eigenvalue weighted by Gasteiger charge is -2.15. The van der Waals surface area contributed by atoms with Crippen LogP contribution in [-0.2, 0) is 4.74 Å². The Labute approximate surface area is 185 Å². The van der Waals surface area contributed by atoms with Crippen molar-refractivity contribution in [2.24, 2.45) is 0 Å². The second-order valence-electron chi connectivity index (χ2n) is 7.72. The molecule has 1 heterocycles. The molecule has 0 amide bonds. The van der Waals surface area contributed by atoms with Crippen LogP contribution in [0.25, 0.3) is 5.69 Å². The quantitative estimate of drug-likeness (QED) is 0.347. The standard InChI is InChI=1S/C25H25F2NO4/c1-14-6-7-15(2)21(12-14)24(30)31-18(5)23(29)22-13-16(3)28(17(22)4)19-8-10-20(11-9-19)32-25(26)27/h6-13,18,25H,1-5H3. The van der Waals surface area contributed by atoms with Crippen LogP contribution in [0, 0.1) is 27.7 Å². The minimum atomic E-state index is -2.90. The highest BCUT2D eigenvalue weighted by Gasteiger charge is 2.25. The van der Waals surface area contributed by atoms with Crippen LogP contribution in [0.5, 0.6) is 5.75 Å². The first-order chi connectivity index (χ1) is 15.1. The predicted molar refractivity (Wildman–Crippen MR) is 117 cm³/mol. The number of carbonyl (C=O) groups excluding carboxylic acids is 2. The fraction of sp³-hybridized carbons (Fsp3) is 0.280. The van der Waals surface area contributed by atoms with Crippen molar-refractivity contribution in [2.45, 2.75) is 47.3 Å². The summed E-state index contributed by atoms with van der Waals surface area (Å²) >= 11 is 0. The van der Waals surface area contributed by atoms with Crippen molar-refractivity contribution in [2.75, 3.05) is 0 Å². The average molecular weight is 441 g/mol. The highest BCUT2D eigenvalue weighted by molar-refractivity contribution is 6.02. The van der Waals surface area contributed by atoms with Crippen molar-refractivity contribution in [1.29, 1.82) is 0 Å². The van der Waals surface area contributed by atoms with Gasteiger partial charge in [0.05, 0.1) is 5.56 Å². The molecule has 1 unspecified atom stereocenters. The van der Waals surface area contributed by atoms with Gasteiger partial charge in [-0.25, -0.2) is 4.79 Å². The van der Waals surface area contributed by atoms with Gasteiger partial charge in [-0.1, -0.05) is 17.7 Å². The molecule has 0 radical (unpaired) electrons. The lowest BCUT2D eigenvalue weighted by molar-refractivity contribution is -0.0498. The average Bonchev–Trinajstić information content (AvgIpc) is 3.03. The van der Waals surface area contributed by atoms with E-state index in [0.29, 0.717) is 22.5 Å². The molecule has 0 bridgehead atoms. The Morgan fingerprint density at radius 3 is 2.19 bits per heavy atom. The number of Topliss-reactive ketones (excluding diaryl/α,β-unsaturated/α-hetero) is 1. The van der Waals surface area contributed by atoms with Crippen molar-refractivity contribution < 1.29 is 27.8 Å². The predicted octanol–water partition coefficient (Wildman–Crippen LogP) is 5.74. The molecule has 0 saturated carbocycles. The fourth-order valence-electron chi connectivity index (χ4n) is 3.64. The molecule has 0 spiro atoms. The number of benzene rings is 2. The first kappa shape index (κ1) is 23.2. The SMILES string of the molecule is Cc1ccc(C)c(C(=O)OC(C)C(=O)c2cc(C)n(-c3ccc(OC(F)F)cc3)c2C)c1. The van der Waals surface area contributed by atoms with E-state index < -0.39 is 18.7 Å². The summed E-state index contributed by atoms with van der Waals surface area (Å²) in [6.07, 6.45) is -0.974. The zero-order valence-corrected chi connectivity index (χ0v) is 18.6. The van der Waals surface area contributed by atoms with E-state index in [2.05, 4.69) is 4.74 Å². The maximum absolute atomic E-state index is 13.1. The lowest BCUT2D eigenvalue weighted by Crippen LogP contribution is -2.25. The molecule has 5 nitrogen and oxygen atoms in total. The molecule has 1 atom stereocenters. The number of halogens is 2. The van der Waals surface area contributed by atoms with E-state index in [1.165, 1.54) is 12.1 Å². The zero-order valence-electron chi connectivity index (χ0n) is 18.6. The van der Waals surface area contributed by atoms with E-state index in [-0.39, 0.29) is 11.5 Å². The van der Waals surface area contributed by atoms with Gasteiger partial charge in [0.25, 0.3) is 0 Å². The van der Waals surface area contributed by atoms with Crippen molar-refractivity contribution in [3.8, 4) is 11.4 Å². The van der Waals surface area contributed by atoms with E-state index in [9.17, 15) is 18.4 Å². The first-order valence-corrected chi connectivity index (χ1v) is 10.1. The van der Waals surface area contributed by atoms with Crippen molar-refractivity contribution in [3.05, 3.63) is 82.2 Å². The third-order valence-electron chi connectivity index (χ3n) is 5.28. The number of esters is 1. The Kier molecular flexibility index (Phi) is 6.77. The number of aryl methyl sites for hydroxylation is 3. The fourth-order valence-corrected chi connectivity index (χ4v) is 3.64. The molecule has 0 fully saturated rings. The monoisotopic (exact) mass is 441 g/mol. The number of ketones is 1. The minimum absolute atomic E-state index is 0.0505. The highest BCUT2D eigenvalue weighted by Crippen LogP contribution is 2.25. The number of nitrogens with zero attached hydrogens (tertiary/aromatic N) is 1. The van der Waals surface area contributed by atoms with Crippen LogP contribution in [0.3, 0.4) is 0 Å². The first-order valence-electron chi connectivity index (χ1n) is 10.1. The van der Waals surface area contributed by atoms with Gasteiger partial charge < -0.3 is 14.0 Å². The number of hydrogen-bond acceptors (Lipinski definition) is 4. The number of rotatable bonds is 7. The molecule has 7 heteroatoms. The number of ether oxygens (including phenoxy) is 2. The smallest absolute Gasteiger partial charge is 0.387 e. The number of carbonyl (C=O) groups is 2. The molecule has 32 heavy (non-hydrogen) atoms. The van der Waals surface area contributed by atoms with Gasteiger partial charge in [-0.3, -0.25) is 4.79 Å². The highest BCUT2D eigenvalue weighted by atomic mass is 19.3. The summed E-state index contributed by atoms with van der Waals surface area (Å²) in [7, 11) is 0. The van der Waals surface area contributed by atoms with Gasteiger partial charge in [0.2, 0.25) is 5.78 Å². The van der Waals surface area contributed by atoms with Crippen LogP contribution in [0.4, 0.5) is 8.78 Å². The van der Waals surface area contributed by atoms with Gasteiger partial charge in [0.15, 0.2) is 6.10 Å². The van der Waals surface area contributed by atoms with Gasteiger partial charge in [-0.15, -0.1) is 0 Å². The molecule has 2 aromatic carbocycles. The zero-order chi connectivity index (χ0) is 23.6. The van der Waals surface area contributed by atoms with Crippen LogP contribution in [0.2, 0.25) is 0 Å². The number of aromatic nitrogens is 1. The summed E-state index contributed by atoms with van der Waals surface area (Å²) in [5.74, 6) is -0.814. The van der Waals surface area contributed by atoms with Gasteiger partial charge in [-0.2, -0.15) is 8.78 Å². The Hall–Kier alpha value is -3.48. The lowest BCUT2D eigenvalue weighted by atomic mass is 10.1. The van der Waals surface area contributed by atoms with Gasteiger partial charge in [-0.05, 0) is 76.6 Å². The molecule has 168 valence electrons. The second-order valence-corrected chi connectivity index (χ2v) is 7.72. The maximum atomic E-state index is 13.1. The van der Waals surface area contributed by atoms with E-state index >= 15 is 0 Å². The summed E-state index contributed by atoms with van der Waals surface area (Å²) in [4.78, 5) is 25.7. The van der Waals surface area contributed by atoms with Crippen molar-refractivity contribution in [1.82, 2.24) is 4.57 Å². The third-order valence-corrected chi connectivity index (χ3v) is 5.28. The van der Waals surface area contributed by atoms with E-state index in [4.69, 9.17) is 4.74 Å². The minimum Gasteiger partial charge on any atom is -0.451 e. The van der Waals surface area contributed by atoms with Gasteiger partial charge >= 0.3 is 12.6 Å². The summed E-state index contributed by atoms with van der Waals surface area (Å²) in [6.45, 7) is 5.96. The van der Waals surface area contributed by atoms with Crippen molar-refractivity contribution >= 4 is 11.8 Å². The molecule has 3 rings (SSSR count). The largest absolute Gasteiger partial charge is 0.451 e. The van der Waals surface area contributed by atoms with Gasteiger partial charge in [0.1, 0.15) is 5.75 Å². The molecule has 3 aromatic rings. The maximum Gasteiger partial charge on any atom is 0.387 e. The third kappa shape index (κ3) is 4.88. The number of hydrogen-bond donors (Lipinski definition) is 0. The molecular weight excluding hydrogens is 416 g/mol. The van der Waals surface area contributed by atoms with E-state index in [0.717, 1.165) is 16.8 Å². The Morgan fingerprint density at radius 1 is 0.906 bits per heavy atom. The van der Waals surface area contributed by atoms with E-state index in [1.807, 2.05) is 37.5 Å². The van der Waals surface area contributed by atoms with Crippen LogP contribution in [0.1, 0.15) is 50.2 Å². The van der Waals surface area contributed by atoms with Crippen LogP contribution < -0.4 is 4.74 Å². The summed E-state index contributed by atoms with van der Waals surface area (Å²) in [5.41, 5.74) is 4.69. The Bertz CT molecular complexity index is 1150. The molecule has 0 aliphatic carbocycles. The van der Waals surface area contributed by atoms with Crippen LogP contribution in [-0.4, -0.2) is 29.0 Å². The molecule has 0 aliphatic heterocycles. The Morgan fingerprint density at radius 2 is 1.56 bits per heavy atom. The molecule has 0 aliphatic rings. The second kappa shape index (κ2) is 9.34. The topological polar surface area (TPSA) is 57.5 Å². The molecule has 0 N–H and O–H groups in total.